The van der Waals surface area contributed by atoms with Crippen LogP contribution in [-0.2, 0) is 0 Å². The van der Waals surface area contributed by atoms with Crippen LogP contribution in [-0.4, -0.2) is 18.1 Å². The number of ether oxygens (including phenoxy) is 2. The number of carbonyl (C=O) groups is 1. The molecule has 3 rings (SSSR count). The average Bonchev–Trinajstić information content (AvgIpc) is 2.74. The van der Waals surface area contributed by atoms with Gasteiger partial charge in [-0.05, 0) is 42.0 Å². The molecule has 5 nitrogen and oxygen atoms in total. The Balaban J connectivity index is 1.90. The van der Waals surface area contributed by atoms with E-state index >= 15 is 0 Å². The molecule has 0 saturated heterocycles. The molecule has 0 spiro atoms. The highest BCUT2D eigenvalue weighted by molar-refractivity contribution is 5.92. The summed E-state index contributed by atoms with van der Waals surface area (Å²) in [7, 11) is 1.44. The molecule has 6 heteroatoms. The van der Waals surface area contributed by atoms with E-state index in [0.29, 0.717) is 16.9 Å². The lowest BCUT2D eigenvalue weighted by Gasteiger charge is -2.10. The van der Waals surface area contributed by atoms with Gasteiger partial charge < -0.3 is 9.47 Å². The van der Waals surface area contributed by atoms with E-state index in [9.17, 15) is 14.4 Å². The number of benzene rings is 2. The molecule has 0 aliphatic heterocycles. The second-order valence-corrected chi connectivity index (χ2v) is 5.69. The van der Waals surface area contributed by atoms with E-state index in [-0.39, 0.29) is 16.9 Å². The topological polar surface area (TPSA) is 72.2 Å². The highest BCUT2D eigenvalue weighted by atomic mass is 19.1. The van der Waals surface area contributed by atoms with Gasteiger partial charge in [-0.15, -0.1) is 0 Å². The third kappa shape index (κ3) is 4.22. The smallest absolute Gasteiger partial charge is 0.345 e. The minimum Gasteiger partial charge on any atom is -0.493 e. The van der Waals surface area contributed by atoms with Crippen LogP contribution >= 0.6 is 0 Å². The second kappa shape index (κ2) is 8.60. The van der Waals surface area contributed by atoms with Crippen molar-refractivity contribution in [3.63, 3.8) is 0 Å². The van der Waals surface area contributed by atoms with Gasteiger partial charge >= 0.3 is 5.97 Å². The number of esters is 1. The largest absolute Gasteiger partial charge is 0.493 e. The summed E-state index contributed by atoms with van der Waals surface area (Å²) in [6, 6.07) is 16.1. The lowest BCUT2D eigenvalue weighted by atomic mass is 10.0. The maximum atomic E-state index is 14.0. The van der Waals surface area contributed by atoms with Gasteiger partial charge in [0.25, 0.3) is 0 Å². The zero-order chi connectivity index (χ0) is 19.9. The Morgan fingerprint density at radius 3 is 2.64 bits per heavy atom. The number of carbonyl (C=O) groups excluding carboxylic acids is 1. The lowest BCUT2D eigenvalue weighted by molar-refractivity contribution is 0.0729. The van der Waals surface area contributed by atoms with Gasteiger partial charge in [-0.3, -0.25) is 4.98 Å². The Labute approximate surface area is 161 Å². The Morgan fingerprint density at radius 2 is 1.96 bits per heavy atom. The molecule has 0 aliphatic carbocycles. The van der Waals surface area contributed by atoms with Gasteiger partial charge in [-0.25, -0.2) is 9.18 Å². The number of hydrogen-bond donors (Lipinski definition) is 0. The minimum atomic E-state index is -0.571. The van der Waals surface area contributed by atoms with Crippen LogP contribution in [0.4, 0.5) is 4.39 Å². The van der Waals surface area contributed by atoms with Crippen LogP contribution < -0.4 is 9.47 Å². The first kappa shape index (κ1) is 18.8. The maximum Gasteiger partial charge on any atom is 0.345 e. The predicted molar refractivity (Wildman–Crippen MR) is 102 cm³/mol. The Morgan fingerprint density at radius 1 is 1.14 bits per heavy atom. The lowest BCUT2D eigenvalue weighted by Crippen LogP contribution is -2.09. The monoisotopic (exact) mass is 374 g/mol. The highest BCUT2D eigenvalue weighted by Gasteiger charge is 2.13. The molecule has 3 aromatic rings. The fourth-order valence-corrected chi connectivity index (χ4v) is 2.52. The van der Waals surface area contributed by atoms with Crippen molar-refractivity contribution >= 4 is 17.6 Å². The van der Waals surface area contributed by atoms with Crippen molar-refractivity contribution in [3.8, 4) is 17.6 Å². The molecule has 0 N–H and O–H groups in total. The molecule has 0 aliphatic rings. The molecule has 0 atom stereocenters. The Bertz CT molecular complexity index is 1070. The molecule has 0 saturated carbocycles. The minimum absolute atomic E-state index is 0.167. The summed E-state index contributed by atoms with van der Waals surface area (Å²) in [5.41, 5.74) is 1.27. The first-order valence-electron chi connectivity index (χ1n) is 8.29. The molecule has 138 valence electrons. The number of pyridine rings is 1. The number of allylic oxidation sites excluding steroid dienone is 1. The van der Waals surface area contributed by atoms with E-state index in [1.807, 2.05) is 6.07 Å². The number of nitriles is 1. The molecule has 1 aromatic heterocycles. The quantitative estimate of drug-likeness (QED) is 0.284. The maximum absolute atomic E-state index is 14.0. The summed E-state index contributed by atoms with van der Waals surface area (Å²) in [5.74, 6) is -0.530. The standard InChI is InChI=1S/C22H15FN2O3/c1-27-21-12-15(11-17(13-24)18-6-2-3-7-19(18)23)8-9-20(21)28-22(26)16-5-4-10-25-14-16/h2-12,14H,1H3/b17-11-. The molecule has 28 heavy (non-hydrogen) atoms. The van der Waals surface area contributed by atoms with Crippen LogP contribution in [0.15, 0.2) is 67.0 Å². The van der Waals surface area contributed by atoms with Gasteiger partial charge in [-0.2, -0.15) is 5.26 Å². The predicted octanol–water partition coefficient (Wildman–Crippen LogP) is 4.51. The van der Waals surface area contributed by atoms with Gasteiger partial charge in [0.1, 0.15) is 5.82 Å². The van der Waals surface area contributed by atoms with Crippen molar-refractivity contribution < 1.29 is 18.7 Å². The van der Waals surface area contributed by atoms with Crippen molar-refractivity contribution in [1.82, 2.24) is 4.98 Å². The van der Waals surface area contributed by atoms with Crippen LogP contribution in [0.2, 0.25) is 0 Å². The first-order valence-corrected chi connectivity index (χ1v) is 8.29. The SMILES string of the molecule is COc1cc(/C=C(/C#N)c2ccccc2F)ccc1OC(=O)c1cccnc1. The van der Waals surface area contributed by atoms with E-state index < -0.39 is 11.8 Å². The van der Waals surface area contributed by atoms with E-state index in [2.05, 4.69) is 4.98 Å². The van der Waals surface area contributed by atoms with Gasteiger partial charge in [0.15, 0.2) is 11.5 Å². The second-order valence-electron chi connectivity index (χ2n) is 5.69. The number of hydrogen-bond acceptors (Lipinski definition) is 5. The summed E-state index contributed by atoms with van der Waals surface area (Å²) in [6.45, 7) is 0. The number of aromatic nitrogens is 1. The number of halogens is 1. The van der Waals surface area contributed by atoms with Crippen molar-refractivity contribution in [2.24, 2.45) is 0 Å². The fourth-order valence-electron chi connectivity index (χ4n) is 2.52. The highest BCUT2D eigenvalue weighted by Crippen LogP contribution is 2.30. The van der Waals surface area contributed by atoms with Gasteiger partial charge in [0.2, 0.25) is 0 Å². The molecule has 1 heterocycles. The number of nitrogens with zero attached hydrogens (tertiary/aromatic N) is 2. The third-order valence-corrected chi connectivity index (χ3v) is 3.88. The Kier molecular flexibility index (Phi) is 5.78. The zero-order valence-electron chi connectivity index (χ0n) is 14.9. The fraction of sp³-hybridized carbons (Fsp3) is 0.0455. The van der Waals surface area contributed by atoms with E-state index in [0.717, 1.165) is 0 Å². The van der Waals surface area contributed by atoms with Crippen LogP contribution in [0.1, 0.15) is 21.5 Å². The van der Waals surface area contributed by atoms with E-state index in [1.54, 1.807) is 48.7 Å². The van der Waals surface area contributed by atoms with Crippen molar-refractivity contribution in [2.45, 2.75) is 0 Å². The van der Waals surface area contributed by atoms with Crippen molar-refractivity contribution in [1.29, 1.82) is 5.26 Å². The normalized spacial score (nSPS) is 10.8. The van der Waals surface area contributed by atoms with Crippen LogP contribution in [0.5, 0.6) is 11.5 Å². The summed E-state index contributed by atoms with van der Waals surface area (Å²) in [4.78, 5) is 16.1. The molecule has 0 radical (unpaired) electrons. The van der Waals surface area contributed by atoms with Crippen LogP contribution in [0.25, 0.3) is 11.6 Å². The molecule has 0 fully saturated rings. The Hall–Kier alpha value is -3.98. The summed E-state index contributed by atoms with van der Waals surface area (Å²) in [6.07, 6.45) is 4.49. The van der Waals surface area contributed by atoms with Gasteiger partial charge in [-0.1, -0.05) is 24.3 Å². The van der Waals surface area contributed by atoms with Crippen molar-refractivity contribution in [3.05, 3.63) is 89.5 Å². The average molecular weight is 374 g/mol. The van der Waals surface area contributed by atoms with E-state index in [1.165, 1.54) is 31.5 Å². The first-order chi connectivity index (χ1) is 13.6. The molecular formula is C22H15FN2O3. The summed E-state index contributed by atoms with van der Waals surface area (Å²) < 4.78 is 24.6. The number of methoxy groups -OCH3 is 1. The molecule has 0 amide bonds. The summed E-state index contributed by atoms with van der Waals surface area (Å²) in [5, 5.41) is 9.40. The van der Waals surface area contributed by atoms with Crippen LogP contribution in [0.3, 0.4) is 0 Å². The molecule has 2 aromatic carbocycles. The zero-order valence-corrected chi connectivity index (χ0v) is 14.9. The molecule has 0 bridgehead atoms. The van der Waals surface area contributed by atoms with Crippen molar-refractivity contribution in [2.75, 3.05) is 7.11 Å². The van der Waals surface area contributed by atoms with Gasteiger partial charge in [0.05, 0.1) is 24.3 Å². The van der Waals surface area contributed by atoms with Crippen LogP contribution in [0, 0.1) is 17.1 Å². The summed E-state index contributed by atoms with van der Waals surface area (Å²) >= 11 is 0. The van der Waals surface area contributed by atoms with Gasteiger partial charge in [0, 0.05) is 18.0 Å². The molecular weight excluding hydrogens is 359 g/mol. The third-order valence-electron chi connectivity index (χ3n) is 3.88. The van der Waals surface area contributed by atoms with E-state index in [4.69, 9.17) is 9.47 Å². The number of rotatable bonds is 5. The molecule has 0 unspecified atom stereocenters.